The predicted octanol–water partition coefficient (Wildman–Crippen LogP) is 3.10. The first kappa shape index (κ1) is 21.7. The van der Waals surface area contributed by atoms with Crippen molar-refractivity contribution < 1.29 is 27.9 Å². The maximum Gasteiger partial charge on any atom is 0.437 e. The van der Waals surface area contributed by atoms with Gasteiger partial charge in [-0.25, -0.2) is 0 Å². The number of anilines is 1. The second kappa shape index (κ2) is 8.37. The molecule has 2 N–H and O–H groups in total. The summed E-state index contributed by atoms with van der Waals surface area (Å²) in [5.74, 6) is -2.02. The summed E-state index contributed by atoms with van der Waals surface area (Å²) in [4.78, 5) is 25.4. The van der Waals surface area contributed by atoms with Crippen LogP contribution in [0.1, 0.15) is 41.2 Å². The summed E-state index contributed by atoms with van der Waals surface area (Å²) < 4.78 is 41.4. The highest BCUT2D eigenvalue weighted by molar-refractivity contribution is 5.94. The van der Waals surface area contributed by atoms with Crippen LogP contribution in [0, 0.1) is 5.92 Å². The quantitative estimate of drug-likeness (QED) is 0.744. The summed E-state index contributed by atoms with van der Waals surface area (Å²) >= 11 is 0. The van der Waals surface area contributed by atoms with Gasteiger partial charge in [0, 0.05) is 31.6 Å². The molecule has 0 bridgehead atoms. The monoisotopic (exact) mass is 424 g/mol. The minimum atomic E-state index is -4.65. The molecule has 1 aromatic heterocycles. The van der Waals surface area contributed by atoms with Crippen LogP contribution in [0.2, 0.25) is 0 Å². The Balaban J connectivity index is 1.89. The molecule has 1 unspecified atom stereocenters. The molecule has 0 radical (unpaired) electrons. The fourth-order valence-electron chi connectivity index (χ4n) is 3.54. The molecule has 0 aliphatic carbocycles. The molecule has 1 aromatic carbocycles. The average molecular weight is 424 g/mol. The highest BCUT2D eigenvalue weighted by Crippen LogP contribution is 2.39. The molecule has 3 rings (SSSR count). The maximum absolute atomic E-state index is 13.4. The summed E-state index contributed by atoms with van der Waals surface area (Å²) in [7, 11) is 0. The second-order valence-corrected chi connectivity index (χ2v) is 7.12. The number of aliphatic carboxylic acids is 1. The standard InChI is InChI=1S/C20H23F3N4O3/c1-3-26(4-2)18(28)13-7-5-12(6-8-13)11-27-15-9-14(19(29)30)10-24-16(15)17(25-27)20(21,22)23/h5-8,14,24H,3-4,9-11H2,1-2H3,(H,29,30). The van der Waals surface area contributed by atoms with Crippen molar-refractivity contribution >= 4 is 17.6 Å². The van der Waals surface area contributed by atoms with E-state index < -0.39 is 23.8 Å². The third kappa shape index (κ3) is 4.27. The van der Waals surface area contributed by atoms with Gasteiger partial charge in [-0.3, -0.25) is 14.3 Å². The van der Waals surface area contributed by atoms with Crippen LogP contribution in [-0.4, -0.2) is 51.3 Å². The van der Waals surface area contributed by atoms with E-state index in [0.29, 0.717) is 24.2 Å². The first-order chi connectivity index (χ1) is 14.2. The molecule has 0 saturated heterocycles. The van der Waals surface area contributed by atoms with Crippen molar-refractivity contribution in [3.63, 3.8) is 0 Å². The zero-order chi connectivity index (χ0) is 22.1. The Bertz CT molecular complexity index is 934. The van der Waals surface area contributed by atoms with Gasteiger partial charge in [-0.2, -0.15) is 18.3 Å². The number of hydrogen-bond donors (Lipinski definition) is 2. The third-order valence-electron chi connectivity index (χ3n) is 5.22. The fraction of sp³-hybridized carbons (Fsp3) is 0.450. The minimum absolute atomic E-state index is 0.0339. The normalized spacial score (nSPS) is 16.0. The zero-order valence-electron chi connectivity index (χ0n) is 16.7. The average Bonchev–Trinajstić information content (AvgIpc) is 3.07. The number of carboxylic acid groups (broad SMARTS) is 1. The molecular formula is C20H23F3N4O3. The van der Waals surface area contributed by atoms with E-state index in [2.05, 4.69) is 10.4 Å². The Morgan fingerprint density at radius 2 is 1.87 bits per heavy atom. The number of benzene rings is 1. The van der Waals surface area contributed by atoms with Crippen LogP contribution < -0.4 is 5.32 Å². The number of nitrogens with zero attached hydrogens (tertiary/aromatic N) is 3. The van der Waals surface area contributed by atoms with Crippen LogP contribution in [0.15, 0.2) is 24.3 Å². The number of amides is 1. The maximum atomic E-state index is 13.4. The minimum Gasteiger partial charge on any atom is -0.481 e. The fourth-order valence-corrected chi connectivity index (χ4v) is 3.54. The van der Waals surface area contributed by atoms with Crippen LogP contribution in [0.4, 0.5) is 18.9 Å². The van der Waals surface area contributed by atoms with Gasteiger partial charge in [0.15, 0.2) is 5.69 Å². The lowest BCUT2D eigenvalue weighted by atomic mass is 9.98. The van der Waals surface area contributed by atoms with E-state index in [4.69, 9.17) is 0 Å². The number of halogens is 3. The second-order valence-electron chi connectivity index (χ2n) is 7.12. The van der Waals surface area contributed by atoms with Crippen molar-refractivity contribution in [1.29, 1.82) is 0 Å². The van der Waals surface area contributed by atoms with Crippen molar-refractivity contribution in [3.8, 4) is 0 Å². The number of alkyl halides is 3. The Labute approximate surface area is 171 Å². The van der Waals surface area contributed by atoms with E-state index >= 15 is 0 Å². The lowest BCUT2D eigenvalue weighted by molar-refractivity contribution is -0.141. The topological polar surface area (TPSA) is 87.5 Å². The SMILES string of the molecule is CCN(CC)C(=O)c1ccc(Cn2nc(C(F)(F)F)c3c2CC(C(=O)O)CN3)cc1. The molecule has 0 fully saturated rings. The highest BCUT2D eigenvalue weighted by Gasteiger charge is 2.41. The van der Waals surface area contributed by atoms with Crippen molar-refractivity contribution in [2.45, 2.75) is 33.0 Å². The van der Waals surface area contributed by atoms with Crippen molar-refractivity contribution in [2.75, 3.05) is 25.0 Å². The number of fused-ring (bicyclic) bond motifs is 1. The Hall–Kier alpha value is -3.04. The lowest BCUT2D eigenvalue weighted by Crippen LogP contribution is -2.31. The van der Waals surface area contributed by atoms with Gasteiger partial charge >= 0.3 is 12.1 Å². The summed E-state index contributed by atoms with van der Waals surface area (Å²) in [6, 6.07) is 6.61. The lowest BCUT2D eigenvalue weighted by Gasteiger charge is -2.22. The molecule has 2 heterocycles. The zero-order valence-corrected chi connectivity index (χ0v) is 16.7. The van der Waals surface area contributed by atoms with Crippen molar-refractivity contribution in [2.24, 2.45) is 5.92 Å². The van der Waals surface area contributed by atoms with Gasteiger partial charge < -0.3 is 15.3 Å². The number of carbonyl (C=O) groups is 2. The van der Waals surface area contributed by atoms with E-state index in [1.165, 1.54) is 4.68 Å². The van der Waals surface area contributed by atoms with E-state index in [1.54, 1.807) is 29.2 Å². The number of aromatic nitrogens is 2. The number of rotatable bonds is 6. The van der Waals surface area contributed by atoms with Crippen molar-refractivity contribution in [3.05, 3.63) is 46.8 Å². The summed E-state index contributed by atoms with van der Waals surface area (Å²) in [6.45, 7) is 4.87. The van der Waals surface area contributed by atoms with Gasteiger partial charge in [0.1, 0.15) is 0 Å². The van der Waals surface area contributed by atoms with Gasteiger partial charge in [-0.15, -0.1) is 0 Å². The Morgan fingerprint density at radius 1 is 1.23 bits per heavy atom. The van der Waals surface area contributed by atoms with Gasteiger partial charge in [-0.1, -0.05) is 12.1 Å². The Morgan fingerprint density at radius 3 is 2.40 bits per heavy atom. The first-order valence-electron chi connectivity index (χ1n) is 9.67. The molecular weight excluding hydrogens is 401 g/mol. The number of hydrogen-bond acceptors (Lipinski definition) is 4. The van der Waals surface area contributed by atoms with Crippen molar-refractivity contribution in [1.82, 2.24) is 14.7 Å². The Kier molecular flexibility index (Phi) is 6.04. The van der Waals surface area contributed by atoms with Crippen LogP contribution in [0.25, 0.3) is 0 Å². The van der Waals surface area contributed by atoms with Crippen LogP contribution >= 0.6 is 0 Å². The molecule has 162 valence electrons. The van der Waals surface area contributed by atoms with Gasteiger partial charge in [0.25, 0.3) is 5.91 Å². The summed E-state index contributed by atoms with van der Waals surface area (Å²) in [6.07, 6.45) is -4.70. The number of nitrogens with one attached hydrogen (secondary N) is 1. The molecule has 0 spiro atoms. The largest absolute Gasteiger partial charge is 0.481 e. The molecule has 30 heavy (non-hydrogen) atoms. The van der Waals surface area contributed by atoms with Gasteiger partial charge in [0.2, 0.25) is 0 Å². The summed E-state index contributed by atoms with van der Waals surface area (Å²) in [5, 5.41) is 15.6. The molecule has 1 aliphatic heterocycles. The molecule has 0 saturated carbocycles. The van der Waals surface area contributed by atoms with Gasteiger partial charge in [-0.05, 0) is 31.5 Å². The third-order valence-corrected chi connectivity index (χ3v) is 5.22. The van der Waals surface area contributed by atoms with E-state index in [0.717, 1.165) is 0 Å². The number of carboxylic acids is 1. The molecule has 10 heteroatoms. The molecule has 1 aliphatic rings. The summed E-state index contributed by atoms with van der Waals surface area (Å²) in [5.41, 5.74) is 0.156. The molecule has 7 nitrogen and oxygen atoms in total. The smallest absolute Gasteiger partial charge is 0.437 e. The van der Waals surface area contributed by atoms with E-state index in [9.17, 15) is 27.9 Å². The molecule has 1 atom stereocenters. The molecule has 1 amide bonds. The van der Waals surface area contributed by atoms with Gasteiger partial charge in [0.05, 0.1) is 23.8 Å². The van der Waals surface area contributed by atoms with Crippen LogP contribution in [-0.2, 0) is 23.9 Å². The molecule has 2 aromatic rings. The number of carbonyl (C=O) groups excluding carboxylic acids is 1. The van der Waals surface area contributed by atoms with E-state index in [-0.39, 0.29) is 36.8 Å². The van der Waals surface area contributed by atoms with E-state index in [1.807, 2.05) is 13.8 Å². The first-order valence-corrected chi connectivity index (χ1v) is 9.67. The highest BCUT2D eigenvalue weighted by atomic mass is 19.4. The van der Waals surface area contributed by atoms with Crippen LogP contribution in [0.5, 0.6) is 0 Å². The predicted molar refractivity (Wildman–Crippen MR) is 103 cm³/mol. The van der Waals surface area contributed by atoms with Crippen LogP contribution in [0.3, 0.4) is 0 Å².